The zero-order valence-corrected chi connectivity index (χ0v) is 17.8. The Labute approximate surface area is 178 Å². The summed E-state index contributed by atoms with van der Waals surface area (Å²) in [6.45, 7) is 3.62. The fourth-order valence-electron chi connectivity index (χ4n) is 3.66. The van der Waals surface area contributed by atoms with E-state index in [4.69, 9.17) is 4.74 Å². The molecule has 0 amide bonds. The van der Waals surface area contributed by atoms with Crippen LogP contribution in [0, 0.1) is 6.92 Å². The number of ether oxygens (including phenoxy) is 1. The van der Waals surface area contributed by atoms with E-state index >= 15 is 0 Å². The molecule has 5 nitrogen and oxygen atoms in total. The molecule has 0 saturated carbocycles. The highest BCUT2D eigenvalue weighted by Gasteiger charge is 2.23. The van der Waals surface area contributed by atoms with Gasteiger partial charge in [0.15, 0.2) is 0 Å². The van der Waals surface area contributed by atoms with E-state index in [9.17, 15) is 5.21 Å². The molecule has 0 aliphatic carbocycles. The van der Waals surface area contributed by atoms with Crippen molar-refractivity contribution in [1.82, 2.24) is 4.98 Å². The number of oxime groups is 1. The highest BCUT2D eigenvalue weighted by atomic mass is 16.5. The Morgan fingerprint density at radius 2 is 1.77 bits per heavy atom. The molecule has 1 N–H and O–H groups in total. The van der Waals surface area contributed by atoms with Crippen LogP contribution in [0.5, 0.6) is 0 Å². The van der Waals surface area contributed by atoms with E-state index in [1.807, 2.05) is 24.3 Å². The molecule has 3 rings (SSSR count). The molecule has 3 aromatic rings. The first-order chi connectivity index (χ1) is 14.6. The molecule has 0 aliphatic rings. The minimum Gasteiger partial charge on any atom is -0.411 e. The number of hydrogen-bond donors (Lipinski definition) is 1. The van der Waals surface area contributed by atoms with Gasteiger partial charge in [0, 0.05) is 50.3 Å². The number of aromatic nitrogens is 1. The van der Waals surface area contributed by atoms with Crippen molar-refractivity contribution >= 4 is 11.4 Å². The molecule has 0 aliphatic heterocycles. The van der Waals surface area contributed by atoms with Crippen LogP contribution in [0.1, 0.15) is 28.2 Å². The summed E-state index contributed by atoms with van der Waals surface area (Å²) in [6, 6.07) is 20.6. The van der Waals surface area contributed by atoms with Crippen LogP contribution in [0.4, 0.5) is 5.69 Å². The summed E-state index contributed by atoms with van der Waals surface area (Å²) in [5, 5.41) is 13.6. The molecule has 5 heteroatoms. The molecule has 0 radical (unpaired) electrons. The van der Waals surface area contributed by atoms with Gasteiger partial charge in [-0.15, -0.1) is 0 Å². The SMILES string of the molecule is COCCN(C)c1ccc(CC(C(=NO)c2ccncc2)c2ccccc2C)cc1. The zero-order valence-electron chi connectivity index (χ0n) is 17.8. The van der Waals surface area contributed by atoms with Gasteiger partial charge < -0.3 is 14.8 Å². The highest BCUT2D eigenvalue weighted by molar-refractivity contribution is 6.05. The molecule has 1 atom stereocenters. The molecule has 0 bridgehead atoms. The second-order valence-corrected chi connectivity index (χ2v) is 7.42. The van der Waals surface area contributed by atoms with Crippen LogP contribution in [0.2, 0.25) is 0 Å². The number of pyridine rings is 1. The lowest BCUT2D eigenvalue weighted by Gasteiger charge is -2.22. The first-order valence-electron chi connectivity index (χ1n) is 10.1. The number of likely N-dealkylation sites (N-methyl/N-ethyl adjacent to an activating group) is 1. The van der Waals surface area contributed by atoms with E-state index in [-0.39, 0.29) is 5.92 Å². The van der Waals surface area contributed by atoms with Crippen molar-refractivity contribution in [2.75, 3.05) is 32.2 Å². The van der Waals surface area contributed by atoms with Gasteiger partial charge in [0.1, 0.15) is 0 Å². The molecule has 1 aromatic heterocycles. The van der Waals surface area contributed by atoms with Crippen molar-refractivity contribution in [3.8, 4) is 0 Å². The number of methoxy groups -OCH3 is 1. The largest absolute Gasteiger partial charge is 0.411 e. The van der Waals surface area contributed by atoms with Gasteiger partial charge in [-0.05, 0) is 54.3 Å². The number of anilines is 1. The second-order valence-electron chi connectivity index (χ2n) is 7.42. The minimum absolute atomic E-state index is 0.0735. The monoisotopic (exact) mass is 403 g/mol. The molecule has 0 fully saturated rings. The van der Waals surface area contributed by atoms with Crippen molar-refractivity contribution in [3.05, 3.63) is 95.3 Å². The van der Waals surface area contributed by atoms with E-state index in [2.05, 4.69) is 65.4 Å². The van der Waals surface area contributed by atoms with Crippen molar-refractivity contribution in [1.29, 1.82) is 0 Å². The molecule has 1 unspecified atom stereocenters. The van der Waals surface area contributed by atoms with Gasteiger partial charge in [0.25, 0.3) is 0 Å². The molecule has 0 spiro atoms. The van der Waals surface area contributed by atoms with Gasteiger partial charge in [0.05, 0.1) is 12.3 Å². The van der Waals surface area contributed by atoms with E-state index in [0.29, 0.717) is 12.3 Å². The lowest BCUT2D eigenvalue weighted by Crippen LogP contribution is -2.22. The maximum atomic E-state index is 9.93. The highest BCUT2D eigenvalue weighted by Crippen LogP contribution is 2.29. The van der Waals surface area contributed by atoms with Crippen LogP contribution in [-0.2, 0) is 11.2 Å². The summed E-state index contributed by atoms with van der Waals surface area (Å²) in [6.07, 6.45) is 4.18. The first-order valence-corrected chi connectivity index (χ1v) is 10.1. The third-order valence-electron chi connectivity index (χ3n) is 5.43. The number of rotatable bonds is 9. The summed E-state index contributed by atoms with van der Waals surface area (Å²) in [7, 11) is 3.77. The fraction of sp³-hybridized carbons (Fsp3) is 0.280. The lowest BCUT2D eigenvalue weighted by atomic mass is 9.83. The normalized spacial score (nSPS) is 12.6. The standard InChI is InChI=1S/C25H29N3O2/c1-19-6-4-5-7-23(19)24(25(27-29)21-12-14-26-15-13-21)18-20-8-10-22(11-9-20)28(2)16-17-30-3/h4-15,24,29H,16-18H2,1-3H3. The topological polar surface area (TPSA) is 58.0 Å². The quantitative estimate of drug-likeness (QED) is 0.320. The fourth-order valence-corrected chi connectivity index (χ4v) is 3.66. The van der Waals surface area contributed by atoms with Gasteiger partial charge in [-0.25, -0.2) is 0 Å². The maximum Gasteiger partial charge on any atom is 0.0946 e. The first kappa shape index (κ1) is 21.5. The molecular weight excluding hydrogens is 374 g/mol. The number of nitrogens with zero attached hydrogens (tertiary/aromatic N) is 3. The molecule has 1 heterocycles. The van der Waals surface area contributed by atoms with E-state index in [1.54, 1.807) is 19.5 Å². The van der Waals surface area contributed by atoms with E-state index < -0.39 is 0 Å². The van der Waals surface area contributed by atoms with Crippen LogP contribution in [0.3, 0.4) is 0 Å². The van der Waals surface area contributed by atoms with Crippen LogP contribution in [0.25, 0.3) is 0 Å². The van der Waals surface area contributed by atoms with Gasteiger partial charge in [-0.1, -0.05) is 41.6 Å². The molecule has 30 heavy (non-hydrogen) atoms. The zero-order chi connectivity index (χ0) is 21.3. The van der Waals surface area contributed by atoms with Gasteiger partial charge in [-0.2, -0.15) is 0 Å². The Morgan fingerprint density at radius 1 is 1.07 bits per heavy atom. The maximum absolute atomic E-state index is 9.93. The average Bonchev–Trinajstić information content (AvgIpc) is 2.79. The average molecular weight is 404 g/mol. The van der Waals surface area contributed by atoms with Crippen molar-refractivity contribution in [3.63, 3.8) is 0 Å². The molecular formula is C25H29N3O2. The van der Waals surface area contributed by atoms with E-state index in [1.165, 1.54) is 11.1 Å². The number of aryl methyl sites for hydroxylation is 1. The van der Waals surface area contributed by atoms with E-state index in [0.717, 1.165) is 29.8 Å². The van der Waals surface area contributed by atoms with Gasteiger partial charge in [-0.3, -0.25) is 4.98 Å². The predicted molar refractivity (Wildman–Crippen MR) is 122 cm³/mol. The summed E-state index contributed by atoms with van der Waals surface area (Å²) in [4.78, 5) is 6.26. The van der Waals surface area contributed by atoms with Gasteiger partial charge in [0.2, 0.25) is 0 Å². The van der Waals surface area contributed by atoms with Gasteiger partial charge >= 0.3 is 0 Å². The molecule has 0 saturated heterocycles. The van der Waals surface area contributed by atoms with Crippen LogP contribution in [-0.4, -0.2) is 43.2 Å². The summed E-state index contributed by atoms with van der Waals surface area (Å²) in [5.74, 6) is -0.0735. The minimum atomic E-state index is -0.0735. The van der Waals surface area contributed by atoms with Crippen molar-refractivity contribution in [2.24, 2.45) is 5.16 Å². The summed E-state index contributed by atoms with van der Waals surface area (Å²) < 4.78 is 5.17. The Morgan fingerprint density at radius 3 is 2.40 bits per heavy atom. The third kappa shape index (κ3) is 5.24. The molecule has 156 valence electrons. The number of benzene rings is 2. The summed E-state index contributed by atoms with van der Waals surface area (Å²) in [5.41, 5.74) is 6.18. The predicted octanol–water partition coefficient (Wildman–Crippen LogP) is 4.68. The van der Waals surface area contributed by atoms with Crippen LogP contribution < -0.4 is 4.90 Å². The Hall–Kier alpha value is -3.18. The summed E-state index contributed by atoms with van der Waals surface area (Å²) >= 11 is 0. The third-order valence-corrected chi connectivity index (χ3v) is 5.43. The Kier molecular flexibility index (Phi) is 7.57. The second kappa shape index (κ2) is 10.6. The Balaban J connectivity index is 1.91. The smallest absolute Gasteiger partial charge is 0.0946 e. The lowest BCUT2D eigenvalue weighted by molar-refractivity contribution is 0.206. The van der Waals surface area contributed by atoms with Crippen LogP contribution in [0.15, 0.2) is 78.2 Å². The van der Waals surface area contributed by atoms with Crippen LogP contribution >= 0.6 is 0 Å². The molecule has 2 aromatic carbocycles. The number of hydrogen-bond acceptors (Lipinski definition) is 5. The van der Waals surface area contributed by atoms with Crippen molar-refractivity contribution < 1.29 is 9.94 Å². The Bertz CT molecular complexity index is 956. The van der Waals surface area contributed by atoms with Crippen molar-refractivity contribution in [2.45, 2.75) is 19.3 Å².